The zero-order valence-electron chi connectivity index (χ0n) is 21.0. The molecule has 1 aliphatic heterocycles. The summed E-state index contributed by atoms with van der Waals surface area (Å²) in [5, 5.41) is 0. The van der Waals surface area contributed by atoms with Crippen molar-refractivity contribution in [2.75, 3.05) is 22.9 Å². The van der Waals surface area contributed by atoms with Crippen LogP contribution in [-0.2, 0) is 0 Å². The van der Waals surface area contributed by atoms with Gasteiger partial charge in [0.25, 0.3) is 0 Å². The van der Waals surface area contributed by atoms with Crippen molar-refractivity contribution in [3.8, 4) is 0 Å². The Bertz CT molecular complexity index is 558. The molecule has 176 valence electrons. The first-order valence-electron chi connectivity index (χ1n) is 13.6. The van der Waals surface area contributed by atoms with Gasteiger partial charge < -0.3 is 9.80 Å². The summed E-state index contributed by atoms with van der Waals surface area (Å²) in [6, 6.07) is 9.04. The Balaban J connectivity index is 1.77. The lowest BCUT2D eigenvalue weighted by atomic mass is 10.1. The van der Waals surface area contributed by atoms with E-state index in [0.717, 1.165) is 13.1 Å². The molecule has 0 fully saturated rings. The second kappa shape index (κ2) is 16.2. The summed E-state index contributed by atoms with van der Waals surface area (Å²) in [5.74, 6) is 1.41. The largest absolute Gasteiger partial charge is 0.326 e. The van der Waals surface area contributed by atoms with Gasteiger partial charge in [0.15, 0.2) is 0 Å². The highest BCUT2D eigenvalue weighted by molar-refractivity contribution is 5.82. The molecule has 31 heavy (non-hydrogen) atoms. The molecule has 1 heterocycles. The Morgan fingerprint density at radius 1 is 0.548 bits per heavy atom. The first kappa shape index (κ1) is 25.8. The average molecular weight is 427 g/mol. The lowest BCUT2D eigenvalue weighted by molar-refractivity contribution is 0.571. The van der Waals surface area contributed by atoms with Gasteiger partial charge in [-0.25, -0.2) is 0 Å². The summed E-state index contributed by atoms with van der Waals surface area (Å²) in [7, 11) is 0. The fraction of sp³-hybridized carbons (Fsp3) is 0.724. The van der Waals surface area contributed by atoms with E-state index in [9.17, 15) is 0 Å². The maximum Gasteiger partial charge on any atom is 0.109 e. The first-order chi connectivity index (χ1) is 15.3. The third-order valence-corrected chi connectivity index (χ3v) is 6.75. The van der Waals surface area contributed by atoms with Crippen LogP contribution in [0, 0.1) is 0 Å². The SMILES string of the molecule is CC=C1N(CCCCCCCCCC)c2ccccc2N1CCCCCCCCCC. The van der Waals surface area contributed by atoms with Crippen LogP contribution in [0.3, 0.4) is 0 Å². The van der Waals surface area contributed by atoms with E-state index in [1.807, 2.05) is 0 Å². The van der Waals surface area contributed by atoms with Crippen LogP contribution in [0.2, 0.25) is 0 Å². The van der Waals surface area contributed by atoms with Crippen molar-refractivity contribution < 1.29 is 0 Å². The Kier molecular flexibility index (Phi) is 13.5. The number of rotatable bonds is 18. The molecule has 0 radical (unpaired) electrons. The van der Waals surface area contributed by atoms with Gasteiger partial charge in [0.05, 0.1) is 11.4 Å². The molecule has 0 aliphatic carbocycles. The molecule has 0 saturated heterocycles. The Morgan fingerprint density at radius 2 is 0.903 bits per heavy atom. The highest BCUT2D eigenvalue weighted by atomic mass is 15.4. The minimum Gasteiger partial charge on any atom is -0.326 e. The quantitative estimate of drug-likeness (QED) is 0.216. The minimum atomic E-state index is 1.15. The molecule has 2 nitrogen and oxygen atoms in total. The molecule has 1 aromatic carbocycles. The summed E-state index contributed by atoms with van der Waals surface area (Å²) in [4.78, 5) is 5.16. The highest BCUT2D eigenvalue weighted by Crippen LogP contribution is 2.41. The number of unbranched alkanes of at least 4 members (excludes halogenated alkanes) is 14. The lowest BCUT2D eigenvalue weighted by Crippen LogP contribution is -2.29. The topological polar surface area (TPSA) is 6.48 Å². The third-order valence-electron chi connectivity index (χ3n) is 6.75. The van der Waals surface area contributed by atoms with Crippen molar-refractivity contribution >= 4 is 11.4 Å². The van der Waals surface area contributed by atoms with E-state index in [1.54, 1.807) is 0 Å². The maximum atomic E-state index is 2.58. The monoisotopic (exact) mass is 426 g/mol. The normalized spacial score (nSPS) is 13.2. The van der Waals surface area contributed by atoms with Crippen LogP contribution in [0.4, 0.5) is 11.4 Å². The summed E-state index contributed by atoms with van der Waals surface area (Å²) < 4.78 is 0. The fourth-order valence-corrected chi connectivity index (χ4v) is 4.90. The second-order valence-corrected chi connectivity index (χ2v) is 9.39. The summed E-state index contributed by atoms with van der Waals surface area (Å²) >= 11 is 0. The predicted molar refractivity (Wildman–Crippen MR) is 140 cm³/mol. The number of para-hydroxylation sites is 2. The predicted octanol–water partition coefficient (Wildman–Crippen LogP) is 9.46. The van der Waals surface area contributed by atoms with E-state index >= 15 is 0 Å². The highest BCUT2D eigenvalue weighted by Gasteiger charge is 2.29. The molecule has 0 atom stereocenters. The van der Waals surface area contributed by atoms with E-state index in [0.29, 0.717) is 0 Å². The molecule has 2 rings (SSSR count). The molecule has 1 aliphatic rings. The van der Waals surface area contributed by atoms with Crippen molar-refractivity contribution in [1.82, 2.24) is 0 Å². The molecule has 2 heteroatoms. The Morgan fingerprint density at radius 3 is 1.26 bits per heavy atom. The Hall–Kier alpha value is -1.44. The molecule has 0 amide bonds. The minimum absolute atomic E-state index is 1.15. The van der Waals surface area contributed by atoms with E-state index < -0.39 is 0 Å². The van der Waals surface area contributed by atoms with Gasteiger partial charge in [-0.3, -0.25) is 0 Å². The van der Waals surface area contributed by atoms with Crippen LogP contribution in [0.1, 0.15) is 124 Å². The maximum absolute atomic E-state index is 2.58. The second-order valence-electron chi connectivity index (χ2n) is 9.39. The van der Waals surface area contributed by atoms with Gasteiger partial charge in [0, 0.05) is 13.1 Å². The van der Waals surface area contributed by atoms with E-state index in [1.165, 1.54) is 120 Å². The number of benzene rings is 1. The van der Waals surface area contributed by atoms with Crippen LogP contribution < -0.4 is 9.80 Å². The van der Waals surface area contributed by atoms with Gasteiger partial charge in [-0.2, -0.15) is 0 Å². The lowest BCUT2D eigenvalue weighted by Gasteiger charge is -2.25. The van der Waals surface area contributed by atoms with Crippen LogP contribution in [0.5, 0.6) is 0 Å². The van der Waals surface area contributed by atoms with Crippen LogP contribution in [0.25, 0.3) is 0 Å². The molecule has 0 saturated carbocycles. The fourth-order valence-electron chi connectivity index (χ4n) is 4.90. The molecule has 0 unspecified atom stereocenters. The standard InChI is InChI=1S/C29H50N2/c1-4-7-9-11-13-15-17-21-25-30-27-23-19-20-24-28(27)31(29(30)6-3)26-22-18-16-14-12-10-8-5-2/h6,19-20,23-24H,4-5,7-18,21-22,25-26H2,1-3H3. The van der Waals surface area contributed by atoms with Gasteiger partial charge >= 0.3 is 0 Å². The van der Waals surface area contributed by atoms with Gasteiger partial charge in [-0.05, 0) is 38.0 Å². The number of hydrogen-bond donors (Lipinski definition) is 0. The van der Waals surface area contributed by atoms with Crippen LogP contribution >= 0.6 is 0 Å². The zero-order chi connectivity index (χ0) is 22.2. The number of hydrogen-bond acceptors (Lipinski definition) is 2. The van der Waals surface area contributed by atoms with Gasteiger partial charge in [0.1, 0.15) is 5.82 Å². The smallest absolute Gasteiger partial charge is 0.109 e. The van der Waals surface area contributed by atoms with Crippen molar-refractivity contribution in [3.05, 3.63) is 36.2 Å². The zero-order valence-corrected chi connectivity index (χ0v) is 21.0. The summed E-state index contributed by atoms with van der Waals surface area (Å²) in [6.07, 6.45) is 24.5. The summed E-state index contributed by atoms with van der Waals surface area (Å²) in [6.45, 7) is 9.11. The molecule has 0 spiro atoms. The van der Waals surface area contributed by atoms with E-state index in [-0.39, 0.29) is 0 Å². The summed E-state index contributed by atoms with van der Waals surface area (Å²) in [5.41, 5.74) is 2.83. The molecular formula is C29H50N2. The molecule has 1 aromatic rings. The number of allylic oxidation sites excluding steroid dienone is 1. The first-order valence-corrected chi connectivity index (χ1v) is 13.6. The number of anilines is 2. The van der Waals surface area contributed by atoms with Crippen molar-refractivity contribution in [3.63, 3.8) is 0 Å². The van der Waals surface area contributed by atoms with Gasteiger partial charge in [-0.1, -0.05) is 116 Å². The molecule has 0 N–H and O–H groups in total. The van der Waals surface area contributed by atoms with Crippen molar-refractivity contribution in [2.24, 2.45) is 0 Å². The average Bonchev–Trinajstić information content (AvgIpc) is 3.10. The number of fused-ring (bicyclic) bond motifs is 1. The Labute approximate surface area is 194 Å². The molecule has 0 bridgehead atoms. The van der Waals surface area contributed by atoms with Crippen molar-refractivity contribution in [2.45, 2.75) is 124 Å². The van der Waals surface area contributed by atoms with E-state index in [2.05, 4.69) is 60.9 Å². The van der Waals surface area contributed by atoms with E-state index in [4.69, 9.17) is 0 Å². The van der Waals surface area contributed by atoms with Gasteiger partial charge in [-0.15, -0.1) is 0 Å². The van der Waals surface area contributed by atoms with Gasteiger partial charge in [0.2, 0.25) is 0 Å². The van der Waals surface area contributed by atoms with Crippen LogP contribution in [-0.4, -0.2) is 13.1 Å². The third kappa shape index (κ3) is 8.91. The molecule has 0 aromatic heterocycles. The van der Waals surface area contributed by atoms with Crippen molar-refractivity contribution in [1.29, 1.82) is 0 Å². The van der Waals surface area contributed by atoms with Crippen LogP contribution in [0.15, 0.2) is 36.2 Å². The number of nitrogens with zero attached hydrogens (tertiary/aromatic N) is 2. The molecular weight excluding hydrogens is 376 g/mol.